The predicted octanol–water partition coefficient (Wildman–Crippen LogP) is 2.65. The Morgan fingerprint density at radius 2 is 2.02 bits per heavy atom. The average Bonchev–Trinajstić information content (AvgIpc) is 3.67. The molecule has 212 valence electrons. The molecular weight excluding hydrogens is 516 g/mol. The van der Waals surface area contributed by atoms with Crippen LogP contribution in [-0.4, -0.2) is 71.2 Å². The Kier molecular flexibility index (Phi) is 9.20. The molecule has 1 fully saturated rings. The quantitative estimate of drug-likeness (QED) is 0.294. The molecule has 3 N–H and O–H groups in total. The van der Waals surface area contributed by atoms with Crippen LogP contribution in [0.2, 0.25) is 0 Å². The van der Waals surface area contributed by atoms with Crippen molar-refractivity contribution < 1.29 is 23.9 Å². The summed E-state index contributed by atoms with van der Waals surface area (Å²) in [4.78, 5) is 59.1. The number of allylic oxidation sites excluding steroid dienone is 1. The Balaban J connectivity index is 1.45. The molecule has 1 aliphatic rings. The summed E-state index contributed by atoms with van der Waals surface area (Å²) >= 11 is 0. The van der Waals surface area contributed by atoms with Gasteiger partial charge in [0.2, 0.25) is 11.8 Å². The van der Waals surface area contributed by atoms with Crippen LogP contribution in [0.1, 0.15) is 31.5 Å². The molecule has 0 unspecified atom stereocenters. The Bertz CT molecular complexity index is 1450. The molecule has 1 aromatic carbocycles. The fraction of sp³-hybridized carbons (Fsp3) is 0.393. The van der Waals surface area contributed by atoms with Crippen LogP contribution in [0, 0.1) is 5.92 Å². The van der Waals surface area contributed by atoms with Gasteiger partial charge in [-0.05, 0) is 61.9 Å². The highest BCUT2D eigenvalue weighted by atomic mass is 16.5. The molecular formula is C28H34N6O6. The SMILES string of the molecule is COC(=O)N[C@@H](CC/C=C/C(=O)N(C)C)C(=O)Nc1cccn(Cc2nc3c(OCC4CC4)cccc3[nH]2)c1=O. The molecule has 0 saturated heterocycles. The van der Waals surface area contributed by atoms with Gasteiger partial charge in [0.05, 0.1) is 25.8 Å². The van der Waals surface area contributed by atoms with E-state index in [1.807, 2.05) is 18.2 Å². The minimum atomic E-state index is -0.996. The van der Waals surface area contributed by atoms with Crippen molar-refractivity contribution in [1.29, 1.82) is 0 Å². The third kappa shape index (κ3) is 7.49. The third-order valence-electron chi connectivity index (χ3n) is 6.41. The molecule has 0 spiro atoms. The number of ether oxygens (including phenoxy) is 2. The molecule has 1 atom stereocenters. The predicted molar refractivity (Wildman–Crippen MR) is 149 cm³/mol. The van der Waals surface area contributed by atoms with Gasteiger partial charge < -0.3 is 34.6 Å². The van der Waals surface area contributed by atoms with E-state index in [0.29, 0.717) is 36.0 Å². The number of aromatic nitrogens is 3. The number of fused-ring (bicyclic) bond motifs is 1. The number of imidazole rings is 1. The highest BCUT2D eigenvalue weighted by Crippen LogP contribution is 2.31. The van der Waals surface area contributed by atoms with Crippen LogP contribution in [0.25, 0.3) is 11.0 Å². The van der Waals surface area contributed by atoms with E-state index in [1.165, 1.54) is 41.6 Å². The van der Waals surface area contributed by atoms with Crippen LogP contribution in [0.5, 0.6) is 5.75 Å². The first-order valence-electron chi connectivity index (χ1n) is 13.1. The van der Waals surface area contributed by atoms with Gasteiger partial charge >= 0.3 is 6.09 Å². The number of carbonyl (C=O) groups excluding carboxylic acids is 3. The number of anilines is 1. The van der Waals surface area contributed by atoms with E-state index >= 15 is 0 Å². The molecule has 3 aromatic rings. The van der Waals surface area contributed by atoms with Gasteiger partial charge in [-0.25, -0.2) is 9.78 Å². The van der Waals surface area contributed by atoms with E-state index in [0.717, 1.165) is 5.52 Å². The summed E-state index contributed by atoms with van der Waals surface area (Å²) in [7, 11) is 4.45. The number of alkyl carbamates (subject to hydrolysis) is 1. The van der Waals surface area contributed by atoms with Crippen molar-refractivity contribution in [2.24, 2.45) is 5.92 Å². The van der Waals surface area contributed by atoms with Crippen LogP contribution in [-0.2, 0) is 20.9 Å². The van der Waals surface area contributed by atoms with Crippen LogP contribution in [0.3, 0.4) is 0 Å². The number of amides is 3. The first-order chi connectivity index (χ1) is 19.2. The lowest BCUT2D eigenvalue weighted by atomic mass is 10.1. The third-order valence-corrected chi connectivity index (χ3v) is 6.41. The topological polar surface area (TPSA) is 148 Å². The van der Waals surface area contributed by atoms with Gasteiger partial charge in [-0.2, -0.15) is 0 Å². The number of nitrogens with zero attached hydrogens (tertiary/aromatic N) is 3. The molecule has 4 rings (SSSR count). The van der Waals surface area contributed by atoms with E-state index in [2.05, 4.69) is 25.3 Å². The Labute approximate surface area is 231 Å². The number of benzene rings is 1. The lowest BCUT2D eigenvalue weighted by Gasteiger charge is -2.17. The van der Waals surface area contributed by atoms with Crippen LogP contribution in [0.4, 0.5) is 10.5 Å². The summed E-state index contributed by atoms with van der Waals surface area (Å²) in [5, 5.41) is 5.08. The lowest BCUT2D eigenvalue weighted by Crippen LogP contribution is -2.44. The number of hydrogen-bond donors (Lipinski definition) is 3. The minimum absolute atomic E-state index is 0.0482. The number of H-pyrrole nitrogens is 1. The van der Waals surface area contributed by atoms with Crippen molar-refractivity contribution in [1.82, 2.24) is 24.8 Å². The van der Waals surface area contributed by atoms with Crippen LogP contribution in [0.15, 0.2) is 53.5 Å². The maximum atomic E-state index is 13.2. The van der Waals surface area contributed by atoms with E-state index in [4.69, 9.17) is 4.74 Å². The zero-order valence-corrected chi connectivity index (χ0v) is 22.8. The Morgan fingerprint density at radius 3 is 2.75 bits per heavy atom. The van der Waals surface area contributed by atoms with Gasteiger partial charge in [0, 0.05) is 20.3 Å². The molecule has 2 heterocycles. The molecule has 0 aliphatic heterocycles. The molecule has 0 bridgehead atoms. The van der Waals surface area contributed by atoms with Gasteiger partial charge in [-0.15, -0.1) is 0 Å². The second kappa shape index (κ2) is 13.0. The van der Waals surface area contributed by atoms with Gasteiger partial charge in [-0.1, -0.05) is 12.1 Å². The standard InChI is InChI=1S/C28H34N6O6/c1-33(2)24(35)12-5-4-8-20(31-28(38)39-3)26(36)30-21-10-7-15-34(27(21)37)16-23-29-19-9-6-11-22(25(19)32-23)40-17-18-13-14-18/h5-7,9-12,15,18,20H,4,8,13-14,16-17H2,1-3H3,(H,29,32)(H,30,36)(H,31,38)/b12-5+/t20-/m0/s1. The van der Waals surface area contributed by atoms with E-state index in [-0.39, 0.29) is 24.6 Å². The Hall–Kier alpha value is -4.61. The van der Waals surface area contributed by atoms with E-state index in [9.17, 15) is 19.2 Å². The maximum absolute atomic E-state index is 13.2. The van der Waals surface area contributed by atoms with Crippen LogP contribution >= 0.6 is 0 Å². The van der Waals surface area contributed by atoms with Gasteiger partial charge in [0.15, 0.2) is 0 Å². The number of carbonyl (C=O) groups is 3. The number of nitrogens with one attached hydrogen (secondary N) is 3. The largest absolute Gasteiger partial charge is 0.491 e. The number of methoxy groups -OCH3 is 1. The molecule has 1 aliphatic carbocycles. The molecule has 12 nitrogen and oxygen atoms in total. The number of hydrogen-bond acceptors (Lipinski definition) is 7. The summed E-state index contributed by atoms with van der Waals surface area (Å²) < 4.78 is 12.0. The van der Waals surface area contributed by atoms with Crippen LogP contribution < -0.4 is 20.9 Å². The average molecular weight is 551 g/mol. The number of likely N-dealkylation sites (N-methyl/N-ethyl adjacent to an activating group) is 1. The zero-order chi connectivity index (χ0) is 28.6. The number of para-hydroxylation sites is 1. The summed E-state index contributed by atoms with van der Waals surface area (Å²) in [6.45, 7) is 0.812. The molecule has 12 heteroatoms. The van der Waals surface area contributed by atoms with Gasteiger partial charge in [0.1, 0.15) is 28.8 Å². The van der Waals surface area contributed by atoms with Gasteiger partial charge in [0.25, 0.3) is 5.56 Å². The lowest BCUT2D eigenvalue weighted by molar-refractivity contribution is -0.123. The van der Waals surface area contributed by atoms with Crippen molar-refractivity contribution in [2.45, 2.75) is 38.3 Å². The molecule has 40 heavy (non-hydrogen) atoms. The number of aromatic amines is 1. The first-order valence-corrected chi connectivity index (χ1v) is 13.1. The second-order valence-corrected chi connectivity index (χ2v) is 9.84. The monoisotopic (exact) mass is 550 g/mol. The van der Waals surface area contributed by atoms with Crippen molar-refractivity contribution >= 4 is 34.6 Å². The summed E-state index contributed by atoms with van der Waals surface area (Å²) in [6.07, 6.45) is 6.72. The highest BCUT2D eigenvalue weighted by molar-refractivity contribution is 5.96. The smallest absolute Gasteiger partial charge is 0.407 e. The van der Waals surface area contributed by atoms with Crippen molar-refractivity contribution in [3.8, 4) is 5.75 Å². The van der Waals surface area contributed by atoms with Crippen molar-refractivity contribution in [2.75, 3.05) is 33.1 Å². The first kappa shape index (κ1) is 28.4. The summed E-state index contributed by atoms with van der Waals surface area (Å²) in [5.74, 6) is 1.08. The van der Waals surface area contributed by atoms with E-state index in [1.54, 1.807) is 32.4 Å². The molecule has 2 aromatic heterocycles. The fourth-order valence-corrected chi connectivity index (χ4v) is 3.94. The maximum Gasteiger partial charge on any atom is 0.407 e. The summed E-state index contributed by atoms with van der Waals surface area (Å²) in [5.41, 5.74) is 1.12. The molecule has 1 saturated carbocycles. The molecule has 0 radical (unpaired) electrons. The highest BCUT2D eigenvalue weighted by Gasteiger charge is 2.23. The van der Waals surface area contributed by atoms with Crippen molar-refractivity contribution in [3.63, 3.8) is 0 Å². The zero-order valence-electron chi connectivity index (χ0n) is 22.8. The summed E-state index contributed by atoms with van der Waals surface area (Å²) in [6, 6.07) is 7.81. The normalized spacial score (nSPS) is 13.7. The molecule has 3 amide bonds. The number of rotatable bonds is 12. The number of pyridine rings is 1. The minimum Gasteiger partial charge on any atom is -0.491 e. The Morgan fingerprint density at radius 1 is 1.23 bits per heavy atom. The van der Waals surface area contributed by atoms with Gasteiger partial charge in [-0.3, -0.25) is 14.4 Å². The fourth-order valence-electron chi connectivity index (χ4n) is 3.94. The second-order valence-electron chi connectivity index (χ2n) is 9.84. The van der Waals surface area contributed by atoms with E-state index < -0.39 is 23.6 Å². The van der Waals surface area contributed by atoms with Crippen molar-refractivity contribution in [3.05, 3.63) is 64.9 Å².